The fourth-order valence-electron chi connectivity index (χ4n) is 2.86. The predicted octanol–water partition coefficient (Wildman–Crippen LogP) is 3.92. The van der Waals surface area contributed by atoms with Crippen LogP contribution < -0.4 is 10.2 Å². The molecule has 1 aromatic rings. The van der Waals surface area contributed by atoms with Gasteiger partial charge in [-0.2, -0.15) is 0 Å². The lowest BCUT2D eigenvalue weighted by Crippen LogP contribution is -2.34. The molecule has 1 heterocycles. The highest BCUT2D eigenvalue weighted by atomic mass is 15.2. The lowest BCUT2D eigenvalue weighted by molar-refractivity contribution is 0.528. The van der Waals surface area contributed by atoms with Gasteiger partial charge in [0.1, 0.15) is 0 Å². The number of aromatic nitrogens is 1. The summed E-state index contributed by atoms with van der Waals surface area (Å²) >= 11 is 0. The summed E-state index contributed by atoms with van der Waals surface area (Å²) in [5.41, 5.74) is 2.38. The van der Waals surface area contributed by atoms with Crippen molar-refractivity contribution in [1.82, 2.24) is 4.98 Å². The van der Waals surface area contributed by atoms with Crippen molar-refractivity contribution in [2.24, 2.45) is 5.92 Å². The van der Waals surface area contributed by atoms with E-state index in [1.807, 2.05) is 19.4 Å². The third-order valence-corrected chi connectivity index (χ3v) is 4.06. The summed E-state index contributed by atoms with van der Waals surface area (Å²) in [7, 11) is 1.95. The maximum atomic E-state index is 4.37. The van der Waals surface area contributed by atoms with Crippen LogP contribution in [0.15, 0.2) is 18.5 Å². The average Bonchev–Trinajstić information content (AvgIpc) is 2.93. The zero-order chi connectivity index (χ0) is 13.7. The molecule has 0 atom stereocenters. The first-order chi connectivity index (χ1) is 9.20. The van der Waals surface area contributed by atoms with E-state index < -0.39 is 0 Å². The van der Waals surface area contributed by atoms with Crippen LogP contribution in [0.5, 0.6) is 0 Å². The zero-order valence-electron chi connectivity index (χ0n) is 12.5. The SMILES string of the molecule is CNc1cncc(N(CCC(C)C)C2CCCC2)c1. The molecule has 1 fully saturated rings. The van der Waals surface area contributed by atoms with Crippen molar-refractivity contribution in [2.45, 2.75) is 52.0 Å². The smallest absolute Gasteiger partial charge is 0.0575 e. The van der Waals surface area contributed by atoms with Gasteiger partial charge in [0, 0.05) is 19.6 Å². The molecule has 0 amide bonds. The van der Waals surface area contributed by atoms with Gasteiger partial charge in [0.2, 0.25) is 0 Å². The van der Waals surface area contributed by atoms with E-state index in [0.717, 1.165) is 18.2 Å². The van der Waals surface area contributed by atoms with E-state index in [4.69, 9.17) is 0 Å². The first kappa shape index (κ1) is 14.2. The van der Waals surface area contributed by atoms with Gasteiger partial charge in [-0.15, -0.1) is 0 Å². The summed E-state index contributed by atoms with van der Waals surface area (Å²) in [6, 6.07) is 2.94. The summed E-state index contributed by atoms with van der Waals surface area (Å²) in [5.74, 6) is 0.754. The molecule has 1 saturated carbocycles. The number of hydrogen-bond donors (Lipinski definition) is 1. The molecule has 0 aromatic carbocycles. The van der Waals surface area contributed by atoms with E-state index in [1.54, 1.807) is 0 Å². The Labute approximate surface area is 117 Å². The second kappa shape index (κ2) is 6.78. The van der Waals surface area contributed by atoms with Crippen molar-refractivity contribution >= 4 is 11.4 Å². The van der Waals surface area contributed by atoms with E-state index in [-0.39, 0.29) is 0 Å². The van der Waals surface area contributed by atoms with E-state index in [9.17, 15) is 0 Å². The van der Waals surface area contributed by atoms with Crippen LogP contribution in [0.1, 0.15) is 46.0 Å². The Morgan fingerprint density at radius 2 is 2.05 bits per heavy atom. The maximum absolute atomic E-state index is 4.37. The monoisotopic (exact) mass is 261 g/mol. The minimum Gasteiger partial charge on any atom is -0.387 e. The number of rotatable bonds is 6. The third-order valence-electron chi connectivity index (χ3n) is 4.06. The molecule has 106 valence electrons. The largest absolute Gasteiger partial charge is 0.387 e. The molecule has 0 unspecified atom stereocenters. The standard InChI is InChI=1S/C16H27N3/c1-13(2)8-9-19(15-6-4-5-7-15)16-10-14(17-3)11-18-12-16/h10-13,15,17H,4-9H2,1-3H3. The molecule has 1 N–H and O–H groups in total. The van der Waals surface area contributed by atoms with Gasteiger partial charge >= 0.3 is 0 Å². The van der Waals surface area contributed by atoms with Gasteiger partial charge in [0.25, 0.3) is 0 Å². The zero-order valence-corrected chi connectivity index (χ0v) is 12.5. The highest BCUT2D eigenvalue weighted by Gasteiger charge is 2.23. The second-order valence-electron chi connectivity index (χ2n) is 6.00. The van der Waals surface area contributed by atoms with Gasteiger partial charge in [-0.1, -0.05) is 26.7 Å². The van der Waals surface area contributed by atoms with Gasteiger partial charge in [-0.25, -0.2) is 0 Å². The van der Waals surface area contributed by atoms with Gasteiger partial charge in [-0.3, -0.25) is 4.98 Å². The van der Waals surface area contributed by atoms with Gasteiger partial charge in [0.15, 0.2) is 0 Å². The normalized spacial score (nSPS) is 16.0. The third kappa shape index (κ3) is 3.85. The molecule has 1 aliphatic rings. The number of nitrogens with one attached hydrogen (secondary N) is 1. The van der Waals surface area contributed by atoms with Gasteiger partial charge in [0.05, 0.1) is 23.8 Å². The van der Waals surface area contributed by atoms with Crippen LogP contribution in [0.25, 0.3) is 0 Å². The highest BCUT2D eigenvalue weighted by Crippen LogP contribution is 2.29. The predicted molar refractivity (Wildman–Crippen MR) is 82.8 cm³/mol. The van der Waals surface area contributed by atoms with Crippen molar-refractivity contribution in [3.63, 3.8) is 0 Å². The lowest BCUT2D eigenvalue weighted by Gasteiger charge is -2.32. The summed E-state index contributed by atoms with van der Waals surface area (Å²) < 4.78 is 0. The first-order valence-corrected chi connectivity index (χ1v) is 7.60. The van der Waals surface area contributed by atoms with Crippen LogP contribution in [0.2, 0.25) is 0 Å². The van der Waals surface area contributed by atoms with Crippen LogP contribution >= 0.6 is 0 Å². The molecule has 1 aromatic heterocycles. The molecule has 19 heavy (non-hydrogen) atoms. The van der Waals surface area contributed by atoms with E-state index >= 15 is 0 Å². The number of nitrogens with zero attached hydrogens (tertiary/aromatic N) is 2. The molecule has 0 spiro atoms. The Morgan fingerprint density at radius 3 is 2.68 bits per heavy atom. The van der Waals surface area contributed by atoms with E-state index in [1.165, 1.54) is 37.8 Å². The lowest BCUT2D eigenvalue weighted by atomic mass is 10.1. The molecular formula is C16H27N3. The molecule has 0 aliphatic heterocycles. The van der Waals surface area contributed by atoms with Crippen molar-refractivity contribution in [3.8, 4) is 0 Å². The fourth-order valence-corrected chi connectivity index (χ4v) is 2.86. The number of pyridine rings is 1. The van der Waals surface area contributed by atoms with Crippen molar-refractivity contribution in [1.29, 1.82) is 0 Å². The number of hydrogen-bond acceptors (Lipinski definition) is 3. The van der Waals surface area contributed by atoms with Crippen LogP contribution in [-0.4, -0.2) is 24.6 Å². The van der Waals surface area contributed by atoms with Crippen molar-refractivity contribution < 1.29 is 0 Å². The molecule has 0 saturated heterocycles. The van der Waals surface area contributed by atoms with Gasteiger partial charge < -0.3 is 10.2 Å². The molecule has 3 heteroatoms. The van der Waals surface area contributed by atoms with Crippen molar-refractivity contribution in [2.75, 3.05) is 23.8 Å². The Hall–Kier alpha value is -1.25. The quantitative estimate of drug-likeness (QED) is 0.841. The summed E-state index contributed by atoms with van der Waals surface area (Å²) in [4.78, 5) is 6.95. The fraction of sp³-hybridized carbons (Fsp3) is 0.688. The van der Waals surface area contributed by atoms with Crippen LogP contribution in [0.4, 0.5) is 11.4 Å². The Morgan fingerprint density at radius 1 is 1.32 bits per heavy atom. The first-order valence-electron chi connectivity index (χ1n) is 7.60. The molecule has 0 bridgehead atoms. The minimum absolute atomic E-state index is 0.715. The number of anilines is 2. The van der Waals surface area contributed by atoms with E-state index in [0.29, 0.717) is 6.04 Å². The van der Waals surface area contributed by atoms with Crippen LogP contribution in [0, 0.1) is 5.92 Å². The maximum Gasteiger partial charge on any atom is 0.0575 e. The summed E-state index contributed by atoms with van der Waals surface area (Å²) in [6.45, 7) is 5.75. The minimum atomic E-state index is 0.715. The molecular weight excluding hydrogens is 234 g/mol. The van der Waals surface area contributed by atoms with Crippen LogP contribution in [-0.2, 0) is 0 Å². The Kier molecular flexibility index (Phi) is 5.06. The Balaban J connectivity index is 2.14. The highest BCUT2D eigenvalue weighted by molar-refractivity contribution is 5.56. The van der Waals surface area contributed by atoms with Crippen molar-refractivity contribution in [3.05, 3.63) is 18.5 Å². The topological polar surface area (TPSA) is 28.2 Å². The van der Waals surface area contributed by atoms with E-state index in [2.05, 4.69) is 35.1 Å². The molecule has 0 radical (unpaired) electrons. The second-order valence-corrected chi connectivity index (χ2v) is 6.00. The summed E-state index contributed by atoms with van der Waals surface area (Å²) in [5, 5.41) is 3.19. The van der Waals surface area contributed by atoms with Gasteiger partial charge in [-0.05, 0) is 31.2 Å². The molecule has 3 nitrogen and oxygen atoms in total. The molecule has 2 rings (SSSR count). The Bertz CT molecular complexity index is 383. The average molecular weight is 261 g/mol. The molecule has 1 aliphatic carbocycles. The van der Waals surface area contributed by atoms with Crippen LogP contribution in [0.3, 0.4) is 0 Å². The summed E-state index contributed by atoms with van der Waals surface area (Å²) in [6.07, 6.45) is 10.6.